The van der Waals surface area contributed by atoms with Gasteiger partial charge in [0.2, 0.25) is 5.78 Å². The minimum Gasteiger partial charge on any atom is -0.399 e. The Bertz CT molecular complexity index is 547. The van der Waals surface area contributed by atoms with E-state index in [-0.39, 0.29) is 5.78 Å². The molecule has 1 aromatic heterocycles. The highest BCUT2D eigenvalue weighted by molar-refractivity contribution is 7.14. The Morgan fingerprint density at radius 2 is 1.94 bits per heavy atom. The van der Waals surface area contributed by atoms with Crippen molar-refractivity contribution >= 4 is 22.8 Å². The van der Waals surface area contributed by atoms with E-state index in [2.05, 4.69) is 6.07 Å². The number of carbonyl (C=O) groups is 1. The minimum absolute atomic E-state index is 0.115. The summed E-state index contributed by atoms with van der Waals surface area (Å²) in [5.41, 5.74) is 8.40. The molecule has 0 bridgehead atoms. The van der Waals surface area contributed by atoms with E-state index in [4.69, 9.17) is 5.73 Å². The van der Waals surface area contributed by atoms with Crippen LogP contribution < -0.4 is 5.73 Å². The van der Waals surface area contributed by atoms with Crippen molar-refractivity contribution in [2.45, 2.75) is 19.3 Å². The average Bonchev–Trinajstić information content (AvgIpc) is 2.89. The van der Waals surface area contributed by atoms with Gasteiger partial charge in [0, 0.05) is 16.1 Å². The molecule has 1 aliphatic rings. The number of ketones is 1. The number of rotatable bonds is 2. The van der Waals surface area contributed by atoms with Gasteiger partial charge in [0.15, 0.2) is 0 Å². The molecule has 0 saturated heterocycles. The normalized spacial score (nSPS) is 13.6. The molecule has 0 unspecified atom stereocenters. The number of thiophene rings is 1. The summed E-state index contributed by atoms with van der Waals surface area (Å²) in [6.45, 7) is 0. The van der Waals surface area contributed by atoms with Crippen molar-refractivity contribution in [1.82, 2.24) is 0 Å². The van der Waals surface area contributed by atoms with Gasteiger partial charge in [0.1, 0.15) is 0 Å². The molecule has 86 valence electrons. The van der Waals surface area contributed by atoms with Gasteiger partial charge in [0.25, 0.3) is 0 Å². The van der Waals surface area contributed by atoms with Crippen LogP contribution >= 0.6 is 11.3 Å². The third-order valence-electron chi connectivity index (χ3n) is 3.14. The number of fused-ring (bicyclic) bond motifs is 1. The summed E-state index contributed by atoms with van der Waals surface area (Å²) in [4.78, 5) is 14.5. The van der Waals surface area contributed by atoms with Gasteiger partial charge in [-0.1, -0.05) is 0 Å². The second kappa shape index (κ2) is 4.00. The summed E-state index contributed by atoms with van der Waals surface area (Å²) in [5, 5.41) is 0. The maximum atomic E-state index is 12.2. The summed E-state index contributed by atoms with van der Waals surface area (Å²) < 4.78 is 0. The molecule has 2 N–H and O–H groups in total. The van der Waals surface area contributed by atoms with Crippen molar-refractivity contribution in [3.63, 3.8) is 0 Å². The van der Waals surface area contributed by atoms with Crippen LogP contribution in [0.15, 0.2) is 30.3 Å². The molecule has 3 rings (SSSR count). The highest BCUT2D eigenvalue weighted by atomic mass is 32.1. The zero-order chi connectivity index (χ0) is 11.8. The van der Waals surface area contributed by atoms with Gasteiger partial charge in [-0.15, -0.1) is 11.3 Å². The molecule has 0 fully saturated rings. The lowest BCUT2D eigenvalue weighted by atomic mass is 10.1. The van der Waals surface area contributed by atoms with Crippen LogP contribution in [0.5, 0.6) is 0 Å². The van der Waals surface area contributed by atoms with Gasteiger partial charge in [-0.05, 0) is 55.2 Å². The van der Waals surface area contributed by atoms with Gasteiger partial charge in [-0.2, -0.15) is 0 Å². The number of benzene rings is 1. The van der Waals surface area contributed by atoms with Crippen molar-refractivity contribution in [2.24, 2.45) is 0 Å². The summed E-state index contributed by atoms with van der Waals surface area (Å²) in [5.74, 6) is 0.115. The van der Waals surface area contributed by atoms with Gasteiger partial charge in [-0.25, -0.2) is 0 Å². The molecular formula is C14H13NOS. The molecular weight excluding hydrogens is 230 g/mol. The molecule has 0 saturated carbocycles. The van der Waals surface area contributed by atoms with Crippen LogP contribution in [-0.2, 0) is 12.8 Å². The van der Waals surface area contributed by atoms with Gasteiger partial charge < -0.3 is 5.73 Å². The van der Waals surface area contributed by atoms with Crippen LogP contribution in [0.2, 0.25) is 0 Å². The number of aryl methyl sites for hydroxylation is 2. The van der Waals surface area contributed by atoms with E-state index in [1.165, 1.54) is 16.9 Å². The van der Waals surface area contributed by atoms with Crippen molar-refractivity contribution in [3.8, 4) is 0 Å². The lowest BCUT2D eigenvalue weighted by Gasteiger charge is -1.99. The molecule has 17 heavy (non-hydrogen) atoms. The molecule has 1 aliphatic carbocycles. The third-order valence-corrected chi connectivity index (χ3v) is 4.38. The summed E-state index contributed by atoms with van der Waals surface area (Å²) >= 11 is 1.65. The van der Waals surface area contributed by atoms with Crippen LogP contribution in [0.4, 0.5) is 5.69 Å². The Balaban J connectivity index is 1.93. The van der Waals surface area contributed by atoms with Crippen molar-refractivity contribution in [2.75, 3.05) is 5.73 Å². The predicted molar refractivity (Wildman–Crippen MR) is 70.6 cm³/mol. The summed E-state index contributed by atoms with van der Waals surface area (Å²) in [7, 11) is 0. The van der Waals surface area contributed by atoms with Crippen molar-refractivity contribution < 1.29 is 4.79 Å². The smallest absolute Gasteiger partial charge is 0.202 e. The Kier molecular flexibility index (Phi) is 2.48. The number of hydrogen-bond acceptors (Lipinski definition) is 3. The van der Waals surface area contributed by atoms with Crippen molar-refractivity contribution in [1.29, 1.82) is 0 Å². The SMILES string of the molecule is Nc1ccc(C(=O)c2cc3c(s2)CCC3)cc1. The van der Waals surface area contributed by atoms with Gasteiger partial charge in [-0.3, -0.25) is 4.79 Å². The fraction of sp³-hybridized carbons (Fsp3) is 0.214. The van der Waals surface area contributed by atoms with E-state index in [0.29, 0.717) is 5.69 Å². The number of carbonyl (C=O) groups excluding carboxylic acids is 1. The molecule has 0 spiro atoms. The molecule has 3 heteroatoms. The number of anilines is 1. The number of hydrogen-bond donors (Lipinski definition) is 1. The highest BCUT2D eigenvalue weighted by Crippen LogP contribution is 2.31. The molecule has 1 heterocycles. The molecule has 0 atom stereocenters. The first-order chi connectivity index (χ1) is 8.24. The minimum atomic E-state index is 0.115. The monoisotopic (exact) mass is 243 g/mol. The Labute approximate surface area is 104 Å². The molecule has 2 nitrogen and oxygen atoms in total. The Morgan fingerprint density at radius 3 is 2.65 bits per heavy atom. The third kappa shape index (κ3) is 1.87. The second-order valence-electron chi connectivity index (χ2n) is 4.36. The zero-order valence-corrected chi connectivity index (χ0v) is 10.2. The Morgan fingerprint density at radius 1 is 1.18 bits per heavy atom. The average molecular weight is 243 g/mol. The molecule has 2 aromatic rings. The first-order valence-corrected chi connectivity index (χ1v) is 6.57. The van der Waals surface area contributed by atoms with E-state index in [0.717, 1.165) is 23.3 Å². The van der Waals surface area contributed by atoms with E-state index < -0.39 is 0 Å². The summed E-state index contributed by atoms with van der Waals surface area (Å²) in [6.07, 6.45) is 3.49. The number of nitrogen functional groups attached to an aromatic ring is 1. The highest BCUT2D eigenvalue weighted by Gasteiger charge is 2.19. The zero-order valence-electron chi connectivity index (χ0n) is 9.40. The van der Waals surface area contributed by atoms with Gasteiger partial charge >= 0.3 is 0 Å². The first kappa shape index (κ1) is 10.5. The lowest BCUT2D eigenvalue weighted by Crippen LogP contribution is -1.98. The fourth-order valence-electron chi connectivity index (χ4n) is 2.22. The van der Waals surface area contributed by atoms with Crippen LogP contribution in [0.1, 0.15) is 32.1 Å². The maximum absolute atomic E-state index is 12.2. The van der Waals surface area contributed by atoms with E-state index in [9.17, 15) is 4.79 Å². The quantitative estimate of drug-likeness (QED) is 0.650. The largest absolute Gasteiger partial charge is 0.399 e. The second-order valence-corrected chi connectivity index (χ2v) is 5.50. The maximum Gasteiger partial charge on any atom is 0.202 e. The predicted octanol–water partition coefficient (Wildman–Crippen LogP) is 3.05. The van der Waals surface area contributed by atoms with Crippen LogP contribution in [0.3, 0.4) is 0 Å². The Hall–Kier alpha value is -1.61. The molecule has 0 aliphatic heterocycles. The van der Waals surface area contributed by atoms with E-state index in [1.54, 1.807) is 35.6 Å². The molecule has 0 radical (unpaired) electrons. The summed E-state index contributed by atoms with van der Waals surface area (Å²) in [6, 6.07) is 9.19. The van der Waals surface area contributed by atoms with Gasteiger partial charge in [0.05, 0.1) is 4.88 Å². The fourth-order valence-corrected chi connectivity index (χ4v) is 3.43. The van der Waals surface area contributed by atoms with E-state index >= 15 is 0 Å². The van der Waals surface area contributed by atoms with E-state index in [1.807, 2.05) is 0 Å². The molecule has 1 aromatic carbocycles. The standard InChI is InChI=1S/C14H13NOS/c15-11-6-4-9(5-7-11)14(16)13-8-10-2-1-3-12(10)17-13/h4-8H,1-3,15H2. The topological polar surface area (TPSA) is 43.1 Å². The molecule has 0 amide bonds. The number of nitrogens with two attached hydrogens (primary N) is 1. The van der Waals surface area contributed by atoms with Crippen LogP contribution in [0, 0.1) is 0 Å². The lowest BCUT2D eigenvalue weighted by molar-refractivity contribution is 0.104. The van der Waals surface area contributed by atoms with Crippen LogP contribution in [0.25, 0.3) is 0 Å². The first-order valence-electron chi connectivity index (χ1n) is 5.76. The van der Waals surface area contributed by atoms with Crippen molar-refractivity contribution in [3.05, 3.63) is 51.2 Å². The van der Waals surface area contributed by atoms with Crippen LogP contribution in [-0.4, -0.2) is 5.78 Å².